The maximum Gasteiger partial charge on any atom is 0.00804 e. The van der Waals surface area contributed by atoms with Crippen LogP contribution in [0, 0.1) is 12.8 Å². The summed E-state index contributed by atoms with van der Waals surface area (Å²) in [6.45, 7) is 6.07. The Morgan fingerprint density at radius 3 is 3.25 bits per heavy atom. The van der Waals surface area contributed by atoms with Gasteiger partial charge in [0, 0.05) is 9.75 Å². The highest BCUT2D eigenvalue weighted by Crippen LogP contribution is 2.32. The summed E-state index contributed by atoms with van der Waals surface area (Å²) in [5, 5.41) is 0. The van der Waals surface area contributed by atoms with E-state index in [9.17, 15) is 0 Å². The average molecular weight is 178 g/mol. The van der Waals surface area contributed by atoms with Gasteiger partial charge in [-0.2, -0.15) is 0 Å². The van der Waals surface area contributed by atoms with Gasteiger partial charge in [0.1, 0.15) is 0 Å². The van der Waals surface area contributed by atoms with Gasteiger partial charge in [-0.25, -0.2) is 0 Å². The lowest BCUT2D eigenvalue weighted by molar-refractivity contribution is 0.561. The van der Waals surface area contributed by atoms with E-state index in [2.05, 4.69) is 25.6 Å². The monoisotopic (exact) mass is 178 g/mol. The molecule has 0 spiro atoms. The zero-order valence-corrected chi connectivity index (χ0v) is 8.29. The molecule has 64 valence electrons. The quantitative estimate of drug-likeness (QED) is 0.578. The first-order valence-corrected chi connectivity index (χ1v) is 5.32. The SMILES string of the molecule is C=CC1CCc2sc(C)cc2C1. The third-order valence-corrected chi connectivity index (χ3v) is 3.73. The van der Waals surface area contributed by atoms with Crippen LogP contribution in [0.5, 0.6) is 0 Å². The summed E-state index contributed by atoms with van der Waals surface area (Å²) in [5.41, 5.74) is 1.58. The Morgan fingerprint density at radius 2 is 2.50 bits per heavy atom. The van der Waals surface area contributed by atoms with E-state index in [4.69, 9.17) is 0 Å². The molecule has 0 saturated heterocycles. The van der Waals surface area contributed by atoms with Gasteiger partial charge in [-0.3, -0.25) is 0 Å². The first-order valence-electron chi connectivity index (χ1n) is 4.50. The number of rotatable bonds is 1. The number of thiophene rings is 1. The Hall–Kier alpha value is -0.560. The summed E-state index contributed by atoms with van der Waals surface area (Å²) in [4.78, 5) is 3.08. The van der Waals surface area contributed by atoms with E-state index in [0.717, 1.165) is 5.92 Å². The van der Waals surface area contributed by atoms with Crippen LogP contribution in [0.15, 0.2) is 18.7 Å². The molecule has 0 saturated carbocycles. The molecule has 2 rings (SSSR count). The van der Waals surface area contributed by atoms with Gasteiger partial charge in [-0.15, -0.1) is 17.9 Å². The van der Waals surface area contributed by atoms with Gasteiger partial charge in [0.2, 0.25) is 0 Å². The summed E-state index contributed by atoms with van der Waals surface area (Å²) in [6.07, 6.45) is 5.90. The van der Waals surface area contributed by atoms with Gasteiger partial charge in [0.05, 0.1) is 0 Å². The topological polar surface area (TPSA) is 0 Å². The van der Waals surface area contributed by atoms with Crippen LogP contribution in [-0.2, 0) is 12.8 Å². The molecule has 1 aromatic rings. The summed E-state index contributed by atoms with van der Waals surface area (Å²) < 4.78 is 0. The second-order valence-electron chi connectivity index (χ2n) is 3.54. The Labute approximate surface area is 77.9 Å². The number of hydrogen-bond acceptors (Lipinski definition) is 1. The average Bonchev–Trinajstić information content (AvgIpc) is 2.43. The van der Waals surface area contributed by atoms with Crippen LogP contribution in [0.3, 0.4) is 0 Å². The van der Waals surface area contributed by atoms with Crippen molar-refractivity contribution in [2.45, 2.75) is 26.2 Å². The van der Waals surface area contributed by atoms with Crippen molar-refractivity contribution >= 4 is 11.3 Å². The Morgan fingerprint density at radius 1 is 1.67 bits per heavy atom. The molecule has 12 heavy (non-hydrogen) atoms. The van der Waals surface area contributed by atoms with Crippen LogP contribution in [-0.4, -0.2) is 0 Å². The molecule has 1 unspecified atom stereocenters. The molecule has 0 bridgehead atoms. The standard InChI is InChI=1S/C11H14S/c1-3-9-4-5-11-10(7-9)6-8(2)12-11/h3,6,9H,1,4-5,7H2,2H3. The van der Waals surface area contributed by atoms with Gasteiger partial charge < -0.3 is 0 Å². The van der Waals surface area contributed by atoms with Crippen LogP contribution >= 0.6 is 11.3 Å². The van der Waals surface area contributed by atoms with Crippen LogP contribution in [0.1, 0.15) is 21.7 Å². The number of allylic oxidation sites excluding steroid dienone is 1. The summed E-state index contributed by atoms with van der Waals surface area (Å²) in [5.74, 6) is 0.728. The number of hydrogen-bond donors (Lipinski definition) is 0. The molecule has 1 aliphatic carbocycles. The first kappa shape index (κ1) is 8.06. The van der Waals surface area contributed by atoms with Crippen molar-refractivity contribution in [2.24, 2.45) is 5.92 Å². The third kappa shape index (κ3) is 1.34. The molecular formula is C11H14S. The summed E-state index contributed by atoms with van der Waals surface area (Å²) in [6, 6.07) is 2.34. The van der Waals surface area contributed by atoms with Crippen molar-refractivity contribution in [3.63, 3.8) is 0 Å². The van der Waals surface area contributed by atoms with Crippen molar-refractivity contribution in [1.29, 1.82) is 0 Å². The smallest absolute Gasteiger partial charge is 0.00804 e. The fourth-order valence-corrected chi connectivity index (χ4v) is 2.98. The molecule has 1 heterocycles. The zero-order valence-electron chi connectivity index (χ0n) is 7.47. The van der Waals surface area contributed by atoms with E-state index in [1.807, 2.05) is 11.3 Å². The molecule has 0 aromatic carbocycles. The molecular weight excluding hydrogens is 164 g/mol. The number of fused-ring (bicyclic) bond motifs is 1. The van der Waals surface area contributed by atoms with E-state index < -0.39 is 0 Å². The van der Waals surface area contributed by atoms with Crippen LogP contribution in [0.4, 0.5) is 0 Å². The van der Waals surface area contributed by atoms with E-state index in [1.54, 1.807) is 10.4 Å². The van der Waals surface area contributed by atoms with Gasteiger partial charge >= 0.3 is 0 Å². The predicted octanol–water partition coefficient (Wildman–Crippen LogP) is 3.35. The second kappa shape index (κ2) is 3.06. The molecule has 1 heteroatoms. The molecule has 0 amide bonds. The molecule has 0 aliphatic heterocycles. The third-order valence-electron chi connectivity index (χ3n) is 2.58. The highest BCUT2D eigenvalue weighted by atomic mass is 32.1. The number of aryl methyl sites for hydroxylation is 2. The molecule has 0 nitrogen and oxygen atoms in total. The predicted molar refractivity (Wildman–Crippen MR) is 54.8 cm³/mol. The van der Waals surface area contributed by atoms with E-state index >= 15 is 0 Å². The zero-order chi connectivity index (χ0) is 8.55. The fourth-order valence-electron chi connectivity index (χ4n) is 1.90. The summed E-state index contributed by atoms with van der Waals surface area (Å²) >= 11 is 1.97. The van der Waals surface area contributed by atoms with E-state index in [1.165, 1.54) is 24.1 Å². The molecule has 0 N–H and O–H groups in total. The fraction of sp³-hybridized carbons (Fsp3) is 0.455. The van der Waals surface area contributed by atoms with E-state index in [-0.39, 0.29) is 0 Å². The molecule has 1 aliphatic rings. The largest absolute Gasteiger partial charge is 0.145 e. The van der Waals surface area contributed by atoms with Crippen LogP contribution in [0.25, 0.3) is 0 Å². The van der Waals surface area contributed by atoms with Crippen molar-refractivity contribution in [2.75, 3.05) is 0 Å². The van der Waals surface area contributed by atoms with E-state index in [0.29, 0.717) is 0 Å². The molecule has 0 fully saturated rings. The minimum atomic E-state index is 0.728. The Kier molecular flexibility index (Phi) is 2.05. The van der Waals surface area contributed by atoms with Crippen LogP contribution < -0.4 is 0 Å². The minimum Gasteiger partial charge on any atom is -0.145 e. The van der Waals surface area contributed by atoms with Crippen molar-refractivity contribution < 1.29 is 0 Å². The Bertz CT molecular complexity index is 296. The highest BCUT2D eigenvalue weighted by molar-refractivity contribution is 7.12. The normalized spacial score (nSPS) is 21.9. The molecule has 1 aromatic heterocycles. The van der Waals surface area contributed by atoms with Crippen molar-refractivity contribution in [1.82, 2.24) is 0 Å². The summed E-state index contributed by atoms with van der Waals surface area (Å²) in [7, 11) is 0. The molecule has 1 atom stereocenters. The minimum absolute atomic E-state index is 0.728. The maximum absolute atomic E-state index is 3.87. The lowest BCUT2D eigenvalue weighted by Gasteiger charge is -2.17. The second-order valence-corrected chi connectivity index (χ2v) is 4.88. The Balaban J connectivity index is 2.28. The highest BCUT2D eigenvalue weighted by Gasteiger charge is 2.17. The first-order chi connectivity index (χ1) is 5.79. The van der Waals surface area contributed by atoms with Gasteiger partial charge in [-0.1, -0.05) is 6.08 Å². The lowest BCUT2D eigenvalue weighted by atomic mass is 9.89. The lowest BCUT2D eigenvalue weighted by Crippen LogP contribution is -2.09. The van der Waals surface area contributed by atoms with Crippen molar-refractivity contribution in [3.8, 4) is 0 Å². The van der Waals surface area contributed by atoms with Crippen molar-refractivity contribution in [3.05, 3.63) is 34.0 Å². The molecule has 0 radical (unpaired) electrons. The van der Waals surface area contributed by atoms with Gasteiger partial charge in [0.15, 0.2) is 0 Å². The van der Waals surface area contributed by atoms with Crippen LogP contribution in [0.2, 0.25) is 0 Å². The maximum atomic E-state index is 3.87. The van der Waals surface area contributed by atoms with Gasteiger partial charge in [0.25, 0.3) is 0 Å². The van der Waals surface area contributed by atoms with Gasteiger partial charge in [-0.05, 0) is 43.7 Å².